The van der Waals surface area contributed by atoms with Crippen molar-refractivity contribution in [3.8, 4) is 0 Å². The Morgan fingerprint density at radius 2 is 1.90 bits per heavy atom. The highest BCUT2D eigenvalue weighted by Gasteiger charge is 2.27. The lowest BCUT2D eigenvalue weighted by atomic mass is 9.95. The number of carbonyl (C=O) groups is 1. The zero-order chi connectivity index (χ0) is 20.7. The van der Waals surface area contributed by atoms with Crippen molar-refractivity contribution in [3.63, 3.8) is 0 Å². The molecule has 0 saturated carbocycles. The third kappa shape index (κ3) is 3.48. The topological polar surface area (TPSA) is 58.1 Å². The summed E-state index contributed by atoms with van der Waals surface area (Å²) in [5.74, 6) is 0.515. The minimum Gasteiger partial charge on any atom is -0.355 e. The average Bonchev–Trinajstić information content (AvgIpc) is 3.15. The van der Waals surface area contributed by atoms with Gasteiger partial charge in [0, 0.05) is 34.4 Å². The number of rotatable bonds is 3. The summed E-state index contributed by atoms with van der Waals surface area (Å²) < 4.78 is 16.1. The highest BCUT2D eigenvalue weighted by Crippen LogP contribution is 2.39. The number of amides is 1. The van der Waals surface area contributed by atoms with E-state index in [2.05, 4.69) is 20.2 Å². The van der Waals surface area contributed by atoms with Gasteiger partial charge in [-0.05, 0) is 49.2 Å². The molecule has 30 heavy (non-hydrogen) atoms. The van der Waals surface area contributed by atoms with Crippen LogP contribution in [-0.4, -0.2) is 29.0 Å². The molecule has 1 saturated heterocycles. The maximum Gasteiger partial charge on any atom is 0.227 e. The third-order valence-corrected chi connectivity index (χ3v) is 6.88. The van der Waals surface area contributed by atoms with Gasteiger partial charge >= 0.3 is 0 Å². The largest absolute Gasteiger partial charge is 0.355 e. The molecule has 0 bridgehead atoms. The molecule has 0 unspecified atom stereocenters. The van der Waals surface area contributed by atoms with E-state index >= 15 is 0 Å². The number of aromatic nitrogens is 2. The zero-order valence-electron chi connectivity index (χ0n) is 15.9. The van der Waals surface area contributed by atoms with Crippen molar-refractivity contribution in [1.82, 2.24) is 9.97 Å². The number of carbonyl (C=O) groups excluding carboxylic acids is 1. The summed E-state index contributed by atoms with van der Waals surface area (Å²) in [5, 5.41) is 4.16. The van der Waals surface area contributed by atoms with Crippen molar-refractivity contribution in [1.29, 1.82) is 0 Å². The number of halogens is 2. The second-order valence-electron chi connectivity index (χ2n) is 7.35. The Kier molecular flexibility index (Phi) is 5.00. The Balaban J connectivity index is 1.33. The van der Waals surface area contributed by atoms with E-state index in [1.54, 1.807) is 30.3 Å². The summed E-state index contributed by atoms with van der Waals surface area (Å²) in [6.45, 7) is 1.42. The van der Waals surface area contributed by atoms with Crippen LogP contribution in [0.2, 0.25) is 5.02 Å². The van der Waals surface area contributed by atoms with Crippen LogP contribution in [0, 0.1) is 11.7 Å². The first-order chi connectivity index (χ1) is 14.6. The fraction of sp³-hybridized carbons (Fsp3) is 0.227. The molecule has 1 fully saturated rings. The Labute approximate surface area is 181 Å². The second-order valence-corrected chi connectivity index (χ2v) is 8.84. The van der Waals surface area contributed by atoms with Crippen molar-refractivity contribution in [2.45, 2.75) is 12.8 Å². The SMILES string of the molecule is O=C(Nc1ccc(Cl)cc1)C1CCN(c2ncnc3c2sc2cccc(F)c23)CC1. The molecule has 5 rings (SSSR count). The van der Waals surface area contributed by atoms with Crippen molar-refractivity contribution >= 4 is 60.7 Å². The summed E-state index contributed by atoms with van der Waals surface area (Å²) in [7, 11) is 0. The van der Waals surface area contributed by atoms with Crippen LogP contribution in [-0.2, 0) is 4.79 Å². The molecule has 0 radical (unpaired) electrons. The van der Waals surface area contributed by atoms with Crippen LogP contribution in [0.15, 0.2) is 48.8 Å². The standard InChI is InChI=1S/C22H18ClFN4OS/c23-14-4-6-15(7-5-14)27-22(29)13-8-10-28(11-9-13)21-20-19(25-12-26-21)18-16(24)2-1-3-17(18)30-20/h1-7,12-13H,8-11H2,(H,27,29). The van der Waals surface area contributed by atoms with Crippen LogP contribution in [0.4, 0.5) is 15.9 Å². The molecule has 3 heterocycles. The molecule has 1 N–H and O–H groups in total. The van der Waals surface area contributed by atoms with E-state index in [-0.39, 0.29) is 17.6 Å². The van der Waals surface area contributed by atoms with Crippen LogP contribution in [0.5, 0.6) is 0 Å². The minimum atomic E-state index is -0.263. The molecule has 0 aliphatic carbocycles. The van der Waals surface area contributed by atoms with Crippen molar-refractivity contribution in [2.24, 2.45) is 5.92 Å². The van der Waals surface area contributed by atoms with E-state index in [0.717, 1.165) is 33.7 Å². The highest BCUT2D eigenvalue weighted by atomic mass is 35.5. The second kappa shape index (κ2) is 7.81. The smallest absolute Gasteiger partial charge is 0.227 e. The van der Waals surface area contributed by atoms with E-state index in [4.69, 9.17) is 11.6 Å². The summed E-state index contributed by atoms with van der Waals surface area (Å²) in [6.07, 6.45) is 2.95. The van der Waals surface area contributed by atoms with Gasteiger partial charge < -0.3 is 10.2 Å². The fourth-order valence-corrected chi connectivity index (χ4v) is 5.24. The van der Waals surface area contributed by atoms with Crippen LogP contribution < -0.4 is 10.2 Å². The van der Waals surface area contributed by atoms with Gasteiger partial charge in [0.15, 0.2) is 0 Å². The van der Waals surface area contributed by atoms with Crippen LogP contribution in [0.3, 0.4) is 0 Å². The molecule has 0 spiro atoms. The first-order valence-electron chi connectivity index (χ1n) is 9.73. The molecule has 2 aromatic heterocycles. The molecular weight excluding hydrogens is 423 g/mol. The number of piperidine rings is 1. The lowest BCUT2D eigenvalue weighted by molar-refractivity contribution is -0.120. The number of benzene rings is 2. The van der Waals surface area contributed by atoms with Gasteiger partial charge in [0.1, 0.15) is 18.0 Å². The Morgan fingerprint density at radius 3 is 2.67 bits per heavy atom. The van der Waals surface area contributed by atoms with Gasteiger partial charge in [-0.25, -0.2) is 14.4 Å². The molecule has 1 aliphatic heterocycles. The molecule has 1 amide bonds. The highest BCUT2D eigenvalue weighted by molar-refractivity contribution is 7.26. The summed E-state index contributed by atoms with van der Waals surface area (Å²) in [6, 6.07) is 12.2. The summed E-state index contributed by atoms with van der Waals surface area (Å²) >= 11 is 7.41. The van der Waals surface area contributed by atoms with Gasteiger partial charge in [-0.3, -0.25) is 4.79 Å². The molecule has 1 aliphatic rings. The van der Waals surface area contributed by atoms with Gasteiger partial charge in [-0.2, -0.15) is 0 Å². The number of nitrogens with one attached hydrogen (secondary N) is 1. The van der Waals surface area contributed by atoms with Gasteiger partial charge in [-0.15, -0.1) is 11.3 Å². The average molecular weight is 441 g/mol. The Bertz CT molecular complexity index is 1240. The molecule has 5 nitrogen and oxygen atoms in total. The van der Waals surface area contributed by atoms with Gasteiger partial charge in [0.25, 0.3) is 0 Å². The van der Waals surface area contributed by atoms with Crippen LogP contribution in [0.1, 0.15) is 12.8 Å². The number of thiophene rings is 1. The normalized spacial score (nSPS) is 15.1. The molecular formula is C22H18ClFN4OS. The quantitative estimate of drug-likeness (QED) is 0.457. The number of hydrogen-bond donors (Lipinski definition) is 1. The number of fused-ring (bicyclic) bond motifs is 3. The van der Waals surface area contributed by atoms with Gasteiger partial charge in [-0.1, -0.05) is 17.7 Å². The number of hydrogen-bond acceptors (Lipinski definition) is 5. The molecule has 2 aromatic carbocycles. The van der Waals surface area contributed by atoms with E-state index < -0.39 is 0 Å². The monoisotopic (exact) mass is 440 g/mol. The zero-order valence-corrected chi connectivity index (χ0v) is 17.5. The summed E-state index contributed by atoms with van der Waals surface area (Å²) in [5.41, 5.74) is 1.40. The van der Waals surface area contributed by atoms with E-state index in [1.165, 1.54) is 23.7 Å². The predicted molar refractivity (Wildman–Crippen MR) is 120 cm³/mol. The lowest BCUT2D eigenvalue weighted by Crippen LogP contribution is -2.38. The molecule has 4 aromatic rings. The van der Waals surface area contributed by atoms with E-state index in [1.807, 2.05) is 6.07 Å². The van der Waals surface area contributed by atoms with Crippen molar-refractivity contribution in [2.75, 3.05) is 23.3 Å². The van der Waals surface area contributed by atoms with Gasteiger partial charge in [0.2, 0.25) is 5.91 Å². The van der Waals surface area contributed by atoms with E-state index in [0.29, 0.717) is 29.0 Å². The first kappa shape index (κ1) is 19.2. The van der Waals surface area contributed by atoms with Crippen LogP contribution >= 0.6 is 22.9 Å². The maximum absolute atomic E-state index is 14.3. The third-order valence-electron chi connectivity index (χ3n) is 5.49. The molecule has 8 heteroatoms. The first-order valence-corrected chi connectivity index (χ1v) is 10.9. The fourth-order valence-electron chi connectivity index (χ4n) is 3.92. The molecule has 152 valence electrons. The predicted octanol–water partition coefficient (Wildman–Crippen LogP) is 5.49. The lowest BCUT2D eigenvalue weighted by Gasteiger charge is -2.32. The minimum absolute atomic E-state index is 0.0220. The molecule has 0 atom stereocenters. The Morgan fingerprint density at radius 1 is 1.13 bits per heavy atom. The maximum atomic E-state index is 14.3. The Hall–Kier alpha value is -2.77. The van der Waals surface area contributed by atoms with Gasteiger partial charge in [0.05, 0.1) is 15.6 Å². The van der Waals surface area contributed by atoms with Crippen molar-refractivity contribution < 1.29 is 9.18 Å². The van der Waals surface area contributed by atoms with E-state index in [9.17, 15) is 9.18 Å². The number of nitrogens with zero attached hydrogens (tertiary/aromatic N) is 3. The number of anilines is 2. The van der Waals surface area contributed by atoms with Crippen molar-refractivity contribution in [3.05, 3.63) is 59.6 Å². The summed E-state index contributed by atoms with van der Waals surface area (Å²) in [4.78, 5) is 23.6. The van der Waals surface area contributed by atoms with Crippen LogP contribution in [0.25, 0.3) is 20.3 Å².